The van der Waals surface area contributed by atoms with Gasteiger partial charge in [0.1, 0.15) is 11.5 Å². The van der Waals surface area contributed by atoms with Crippen molar-refractivity contribution < 1.29 is 14.6 Å². The van der Waals surface area contributed by atoms with Crippen molar-refractivity contribution in [2.75, 3.05) is 27.3 Å². The molecule has 0 heterocycles. The number of nitrogens with one attached hydrogen (secondary N) is 1. The maximum absolute atomic E-state index is 10.2. The molecular formula is C16H26IN3O3. The van der Waals surface area contributed by atoms with Gasteiger partial charge in [0.05, 0.1) is 26.9 Å². The van der Waals surface area contributed by atoms with E-state index < -0.39 is 6.10 Å². The minimum atomic E-state index is -0.756. The molecule has 6 nitrogen and oxygen atoms in total. The molecule has 23 heavy (non-hydrogen) atoms. The van der Waals surface area contributed by atoms with Crippen LogP contribution in [0.15, 0.2) is 23.2 Å². The van der Waals surface area contributed by atoms with Gasteiger partial charge in [0, 0.05) is 12.6 Å². The van der Waals surface area contributed by atoms with Crippen LogP contribution >= 0.6 is 24.0 Å². The Bertz CT molecular complexity index is 499. The molecule has 7 heteroatoms. The van der Waals surface area contributed by atoms with E-state index in [1.807, 2.05) is 0 Å². The molecule has 0 bridgehead atoms. The minimum absolute atomic E-state index is 0. The van der Waals surface area contributed by atoms with Crippen molar-refractivity contribution in [3.05, 3.63) is 23.8 Å². The van der Waals surface area contributed by atoms with Crippen molar-refractivity contribution in [3.8, 4) is 11.5 Å². The summed E-state index contributed by atoms with van der Waals surface area (Å²) in [5, 5.41) is 13.3. The van der Waals surface area contributed by atoms with Gasteiger partial charge in [-0.25, -0.2) is 0 Å². The predicted molar refractivity (Wildman–Crippen MR) is 102 cm³/mol. The second kappa shape index (κ2) is 9.82. The lowest BCUT2D eigenvalue weighted by Crippen LogP contribution is -2.37. The number of aliphatic hydroxyl groups excluding tert-OH is 1. The zero-order chi connectivity index (χ0) is 15.9. The van der Waals surface area contributed by atoms with Crippen molar-refractivity contribution in [2.45, 2.75) is 25.4 Å². The highest BCUT2D eigenvalue weighted by molar-refractivity contribution is 14.0. The van der Waals surface area contributed by atoms with Crippen LogP contribution in [-0.4, -0.2) is 38.4 Å². The first kappa shape index (κ1) is 19.8. The Morgan fingerprint density at radius 3 is 2.39 bits per heavy atom. The molecule has 1 saturated carbocycles. The largest absolute Gasteiger partial charge is 0.497 e. The molecule has 4 N–H and O–H groups in total. The van der Waals surface area contributed by atoms with Crippen LogP contribution in [-0.2, 0) is 0 Å². The van der Waals surface area contributed by atoms with Crippen LogP contribution in [0, 0.1) is 5.92 Å². The minimum Gasteiger partial charge on any atom is -0.497 e. The van der Waals surface area contributed by atoms with Crippen molar-refractivity contribution in [2.24, 2.45) is 16.6 Å². The van der Waals surface area contributed by atoms with Crippen molar-refractivity contribution in [1.82, 2.24) is 5.32 Å². The molecule has 1 unspecified atom stereocenters. The van der Waals surface area contributed by atoms with Gasteiger partial charge >= 0.3 is 0 Å². The highest BCUT2D eigenvalue weighted by Gasteiger charge is 2.17. The smallest absolute Gasteiger partial charge is 0.188 e. The van der Waals surface area contributed by atoms with Gasteiger partial charge in [0.15, 0.2) is 5.96 Å². The van der Waals surface area contributed by atoms with Crippen LogP contribution in [0.4, 0.5) is 0 Å². The van der Waals surface area contributed by atoms with E-state index >= 15 is 0 Å². The fourth-order valence-electron chi connectivity index (χ4n) is 2.31. The summed E-state index contributed by atoms with van der Waals surface area (Å²) in [6, 6.07) is 5.29. The van der Waals surface area contributed by atoms with Gasteiger partial charge in [0.2, 0.25) is 0 Å². The molecule has 1 fully saturated rings. The summed E-state index contributed by atoms with van der Waals surface area (Å²) in [4.78, 5) is 4.19. The number of hydrogen-bond acceptors (Lipinski definition) is 4. The van der Waals surface area contributed by atoms with E-state index in [1.165, 1.54) is 19.3 Å². The highest BCUT2D eigenvalue weighted by Crippen LogP contribution is 2.27. The van der Waals surface area contributed by atoms with Crippen molar-refractivity contribution >= 4 is 29.9 Å². The molecule has 0 spiro atoms. The number of benzene rings is 1. The normalized spacial score (nSPS) is 16.0. The van der Waals surface area contributed by atoms with Crippen LogP contribution in [0.25, 0.3) is 0 Å². The Morgan fingerprint density at radius 2 is 1.91 bits per heavy atom. The third-order valence-corrected chi connectivity index (χ3v) is 3.99. The summed E-state index contributed by atoms with van der Waals surface area (Å²) < 4.78 is 10.4. The number of methoxy groups -OCH3 is 2. The van der Waals surface area contributed by atoms with Crippen LogP contribution in [0.3, 0.4) is 0 Å². The zero-order valence-electron chi connectivity index (χ0n) is 13.6. The topological polar surface area (TPSA) is 89.1 Å². The zero-order valence-corrected chi connectivity index (χ0v) is 15.9. The number of ether oxygens (including phenoxy) is 2. The summed E-state index contributed by atoms with van der Waals surface area (Å²) >= 11 is 0. The molecule has 1 aliphatic rings. The number of guanidine groups is 1. The molecule has 1 aromatic rings. The van der Waals surface area contributed by atoms with Gasteiger partial charge in [-0.05, 0) is 36.5 Å². The van der Waals surface area contributed by atoms with E-state index in [0.29, 0.717) is 28.9 Å². The third-order valence-electron chi connectivity index (χ3n) is 3.99. The summed E-state index contributed by atoms with van der Waals surface area (Å²) in [5.41, 5.74) is 6.50. The molecule has 0 aliphatic heterocycles. The van der Waals surface area contributed by atoms with Gasteiger partial charge in [0.25, 0.3) is 0 Å². The molecule has 1 aliphatic carbocycles. The Labute approximate surface area is 154 Å². The lowest BCUT2D eigenvalue weighted by Gasteiger charge is -2.25. The molecule has 0 amide bonds. The average molecular weight is 435 g/mol. The van der Waals surface area contributed by atoms with Crippen molar-refractivity contribution in [1.29, 1.82) is 0 Å². The number of aliphatic imine (C=N–C) groups is 1. The number of rotatable bonds is 7. The Hall–Kier alpha value is -1.22. The first-order valence-corrected chi connectivity index (χ1v) is 7.57. The molecule has 0 radical (unpaired) electrons. The van der Waals surface area contributed by atoms with E-state index in [9.17, 15) is 5.11 Å². The van der Waals surface area contributed by atoms with Crippen LogP contribution in [0.2, 0.25) is 0 Å². The Morgan fingerprint density at radius 1 is 1.30 bits per heavy atom. The number of nitrogens with two attached hydrogens (primary N) is 1. The highest BCUT2D eigenvalue weighted by atomic mass is 127. The van der Waals surface area contributed by atoms with Crippen LogP contribution in [0.1, 0.15) is 30.9 Å². The summed E-state index contributed by atoms with van der Waals surface area (Å²) in [6.07, 6.45) is 3.06. The van der Waals surface area contributed by atoms with Crippen LogP contribution < -0.4 is 20.5 Å². The predicted octanol–water partition coefficient (Wildman–Crippen LogP) is 2.06. The first-order chi connectivity index (χ1) is 10.6. The SMILES string of the molecule is COc1cc(OC)cc(C(O)CN=C(N)NCC2CCC2)c1.I. The first-order valence-electron chi connectivity index (χ1n) is 7.57. The maximum Gasteiger partial charge on any atom is 0.188 e. The van der Waals surface area contributed by atoms with E-state index in [2.05, 4.69) is 10.3 Å². The monoisotopic (exact) mass is 435 g/mol. The maximum atomic E-state index is 10.2. The summed E-state index contributed by atoms with van der Waals surface area (Å²) in [6.45, 7) is 1.05. The van der Waals surface area contributed by atoms with E-state index in [0.717, 1.165) is 6.54 Å². The molecule has 1 aromatic carbocycles. The van der Waals surface area contributed by atoms with Gasteiger partial charge in [-0.1, -0.05) is 6.42 Å². The lowest BCUT2D eigenvalue weighted by atomic mass is 9.85. The fraction of sp³-hybridized carbons (Fsp3) is 0.562. The number of halogens is 1. The van der Waals surface area contributed by atoms with E-state index in [4.69, 9.17) is 15.2 Å². The van der Waals surface area contributed by atoms with E-state index in [-0.39, 0.29) is 30.5 Å². The fourth-order valence-corrected chi connectivity index (χ4v) is 2.31. The number of hydrogen-bond donors (Lipinski definition) is 3. The lowest BCUT2D eigenvalue weighted by molar-refractivity contribution is 0.186. The molecule has 2 rings (SSSR count). The quantitative estimate of drug-likeness (QED) is 0.347. The summed E-state index contributed by atoms with van der Waals surface area (Å²) in [5.74, 6) is 2.35. The van der Waals surface area contributed by atoms with Crippen LogP contribution in [0.5, 0.6) is 11.5 Å². The molecule has 1 atom stereocenters. The number of aliphatic hydroxyl groups is 1. The molecule has 0 saturated heterocycles. The second-order valence-electron chi connectivity index (χ2n) is 5.57. The summed E-state index contributed by atoms with van der Waals surface area (Å²) in [7, 11) is 3.15. The Balaban J connectivity index is 0.00000264. The second-order valence-corrected chi connectivity index (χ2v) is 5.57. The number of nitrogens with zero attached hydrogens (tertiary/aromatic N) is 1. The third kappa shape index (κ3) is 6.06. The van der Waals surface area contributed by atoms with Gasteiger partial charge in [-0.3, -0.25) is 4.99 Å². The Kier molecular flexibility index (Phi) is 8.46. The average Bonchev–Trinajstić information content (AvgIpc) is 2.50. The standard InChI is InChI=1S/C16H25N3O3.HI/c1-21-13-6-12(7-14(8-13)22-2)15(20)10-19-16(17)18-9-11-4-3-5-11;/h6-8,11,15,20H,3-5,9-10H2,1-2H3,(H3,17,18,19);1H. The molecule has 130 valence electrons. The van der Waals surface area contributed by atoms with Gasteiger partial charge < -0.3 is 25.6 Å². The van der Waals surface area contributed by atoms with Crippen molar-refractivity contribution in [3.63, 3.8) is 0 Å². The molecular weight excluding hydrogens is 409 g/mol. The van der Waals surface area contributed by atoms with Gasteiger partial charge in [-0.15, -0.1) is 24.0 Å². The molecule has 0 aromatic heterocycles. The van der Waals surface area contributed by atoms with E-state index in [1.54, 1.807) is 32.4 Å². The van der Waals surface area contributed by atoms with Gasteiger partial charge in [-0.2, -0.15) is 0 Å².